The standard InChI is InChI=1S/C21H25FN4O2/c1-13-19-17(14-5-7-15(22)8-6-14)3-2-4-18(19)26-20(13)21(27)25-11-16(24)12-28-10-9-23/h2-8,16,26H,9-12,23-24H2,1H3,(H,25,27)/t16-/m1/s1. The number of aryl methyl sites for hydroxylation is 1. The molecule has 0 bridgehead atoms. The summed E-state index contributed by atoms with van der Waals surface area (Å²) in [5.74, 6) is -0.512. The Hall–Kier alpha value is -2.74. The molecule has 1 atom stereocenters. The number of nitrogens with one attached hydrogen (secondary N) is 2. The lowest BCUT2D eigenvalue weighted by atomic mass is 9.99. The number of amides is 1. The topological polar surface area (TPSA) is 106 Å². The molecule has 0 aliphatic carbocycles. The number of H-pyrrole nitrogens is 1. The van der Waals surface area contributed by atoms with Gasteiger partial charge < -0.3 is 26.5 Å². The van der Waals surface area contributed by atoms with E-state index in [4.69, 9.17) is 16.2 Å². The Bertz CT molecular complexity index is 953. The minimum Gasteiger partial charge on any atom is -0.378 e. The van der Waals surface area contributed by atoms with E-state index in [1.54, 1.807) is 12.1 Å². The fourth-order valence-electron chi connectivity index (χ4n) is 3.20. The number of benzene rings is 2. The van der Waals surface area contributed by atoms with Gasteiger partial charge in [-0.25, -0.2) is 4.39 Å². The maximum atomic E-state index is 13.3. The van der Waals surface area contributed by atoms with Crippen molar-refractivity contribution in [2.75, 3.05) is 26.3 Å². The fourth-order valence-corrected chi connectivity index (χ4v) is 3.20. The number of halogens is 1. The van der Waals surface area contributed by atoms with Gasteiger partial charge in [-0.2, -0.15) is 0 Å². The van der Waals surface area contributed by atoms with Crippen LogP contribution in [0.1, 0.15) is 16.1 Å². The molecule has 0 saturated heterocycles. The van der Waals surface area contributed by atoms with Gasteiger partial charge in [-0.3, -0.25) is 4.79 Å². The Morgan fingerprint density at radius 3 is 2.71 bits per heavy atom. The van der Waals surface area contributed by atoms with Gasteiger partial charge in [-0.1, -0.05) is 24.3 Å². The van der Waals surface area contributed by atoms with Crippen molar-refractivity contribution in [3.05, 3.63) is 59.5 Å². The first kappa shape index (κ1) is 20.0. The van der Waals surface area contributed by atoms with E-state index in [-0.39, 0.29) is 17.8 Å². The molecule has 0 aliphatic rings. The van der Waals surface area contributed by atoms with Gasteiger partial charge >= 0.3 is 0 Å². The average Bonchev–Trinajstić information content (AvgIpc) is 3.04. The molecule has 0 fully saturated rings. The summed E-state index contributed by atoms with van der Waals surface area (Å²) >= 11 is 0. The summed E-state index contributed by atoms with van der Waals surface area (Å²) in [5, 5.41) is 3.78. The number of rotatable bonds is 8. The van der Waals surface area contributed by atoms with Crippen LogP contribution in [0, 0.1) is 12.7 Å². The summed E-state index contributed by atoms with van der Waals surface area (Å²) in [7, 11) is 0. The number of carbonyl (C=O) groups excluding carboxylic acids is 1. The number of nitrogens with two attached hydrogens (primary N) is 2. The summed E-state index contributed by atoms with van der Waals surface area (Å²) in [5.41, 5.74) is 15.3. The highest BCUT2D eigenvalue weighted by Crippen LogP contribution is 2.32. The van der Waals surface area contributed by atoms with Gasteiger partial charge in [0.25, 0.3) is 5.91 Å². The van der Waals surface area contributed by atoms with Gasteiger partial charge in [0.1, 0.15) is 11.5 Å². The molecule has 0 spiro atoms. The van der Waals surface area contributed by atoms with Gasteiger partial charge in [0.15, 0.2) is 0 Å². The van der Waals surface area contributed by atoms with Crippen LogP contribution in [0.3, 0.4) is 0 Å². The van der Waals surface area contributed by atoms with Crippen molar-refractivity contribution in [2.45, 2.75) is 13.0 Å². The molecular formula is C21H25FN4O2. The molecule has 0 saturated carbocycles. The van der Waals surface area contributed by atoms with Gasteiger partial charge in [-0.15, -0.1) is 0 Å². The average molecular weight is 384 g/mol. The fraction of sp³-hybridized carbons (Fsp3) is 0.286. The van der Waals surface area contributed by atoms with Gasteiger partial charge in [0.2, 0.25) is 0 Å². The summed E-state index contributed by atoms with van der Waals surface area (Å²) < 4.78 is 18.6. The summed E-state index contributed by atoms with van der Waals surface area (Å²) in [6.45, 7) is 3.39. The molecule has 1 aromatic heterocycles. The van der Waals surface area contributed by atoms with Crippen LogP contribution in [0.2, 0.25) is 0 Å². The number of fused-ring (bicyclic) bond motifs is 1. The zero-order chi connectivity index (χ0) is 20.1. The van der Waals surface area contributed by atoms with Gasteiger partial charge in [0, 0.05) is 30.0 Å². The highest BCUT2D eigenvalue weighted by atomic mass is 19.1. The quantitative estimate of drug-likeness (QED) is 0.447. The Kier molecular flexibility index (Phi) is 6.41. The molecule has 3 rings (SSSR count). The Labute approximate surface area is 163 Å². The van der Waals surface area contributed by atoms with Crippen molar-refractivity contribution in [1.29, 1.82) is 0 Å². The van der Waals surface area contributed by atoms with Crippen LogP contribution in [0.25, 0.3) is 22.0 Å². The molecule has 28 heavy (non-hydrogen) atoms. The molecule has 7 heteroatoms. The SMILES string of the molecule is Cc1c(C(=O)NC[C@@H](N)COCCN)[nH]c2cccc(-c3ccc(F)cc3)c12. The normalized spacial score (nSPS) is 12.3. The molecule has 0 unspecified atom stereocenters. The molecule has 3 aromatic rings. The first-order valence-electron chi connectivity index (χ1n) is 9.20. The van der Waals surface area contributed by atoms with Crippen LogP contribution in [0.4, 0.5) is 4.39 Å². The Balaban J connectivity index is 1.81. The number of ether oxygens (including phenoxy) is 1. The van der Waals surface area contributed by atoms with Crippen molar-refractivity contribution in [3.63, 3.8) is 0 Å². The van der Waals surface area contributed by atoms with Crippen LogP contribution in [-0.4, -0.2) is 43.2 Å². The number of hydrogen-bond donors (Lipinski definition) is 4. The summed E-state index contributed by atoms with van der Waals surface area (Å²) in [6.07, 6.45) is 0. The first-order valence-corrected chi connectivity index (χ1v) is 9.20. The van der Waals surface area contributed by atoms with Crippen LogP contribution >= 0.6 is 0 Å². The maximum Gasteiger partial charge on any atom is 0.268 e. The molecule has 6 nitrogen and oxygen atoms in total. The van der Waals surface area contributed by atoms with E-state index >= 15 is 0 Å². The molecule has 0 aliphatic heterocycles. The van der Waals surface area contributed by atoms with Crippen molar-refractivity contribution >= 4 is 16.8 Å². The van der Waals surface area contributed by atoms with E-state index in [0.717, 1.165) is 27.6 Å². The molecule has 6 N–H and O–H groups in total. The Morgan fingerprint density at radius 2 is 2.00 bits per heavy atom. The van der Waals surface area contributed by atoms with E-state index < -0.39 is 0 Å². The zero-order valence-corrected chi connectivity index (χ0v) is 15.8. The number of carbonyl (C=O) groups is 1. The lowest BCUT2D eigenvalue weighted by molar-refractivity contribution is 0.0928. The minimum absolute atomic E-state index is 0.229. The van der Waals surface area contributed by atoms with Crippen molar-refractivity contribution in [2.24, 2.45) is 11.5 Å². The molecule has 0 radical (unpaired) electrons. The van der Waals surface area contributed by atoms with Crippen LogP contribution in [-0.2, 0) is 4.74 Å². The maximum absolute atomic E-state index is 13.3. The highest BCUT2D eigenvalue weighted by Gasteiger charge is 2.18. The molecule has 148 valence electrons. The lowest BCUT2D eigenvalue weighted by Gasteiger charge is -2.12. The van der Waals surface area contributed by atoms with E-state index in [1.807, 2.05) is 25.1 Å². The zero-order valence-electron chi connectivity index (χ0n) is 15.8. The summed E-state index contributed by atoms with van der Waals surface area (Å²) in [6, 6.07) is 11.8. The van der Waals surface area contributed by atoms with E-state index in [1.165, 1.54) is 12.1 Å². The second kappa shape index (κ2) is 8.97. The van der Waals surface area contributed by atoms with Crippen molar-refractivity contribution in [1.82, 2.24) is 10.3 Å². The second-order valence-corrected chi connectivity index (χ2v) is 6.69. The number of hydrogen-bond acceptors (Lipinski definition) is 4. The molecule has 1 amide bonds. The smallest absolute Gasteiger partial charge is 0.268 e. The third-order valence-electron chi connectivity index (χ3n) is 4.58. The first-order chi connectivity index (χ1) is 13.5. The van der Waals surface area contributed by atoms with Gasteiger partial charge in [-0.05, 0) is 41.8 Å². The predicted octanol–water partition coefficient (Wildman–Crippen LogP) is 2.31. The predicted molar refractivity (Wildman–Crippen MR) is 109 cm³/mol. The van der Waals surface area contributed by atoms with E-state index in [9.17, 15) is 9.18 Å². The second-order valence-electron chi connectivity index (χ2n) is 6.69. The van der Waals surface area contributed by atoms with E-state index in [0.29, 0.717) is 32.0 Å². The summed E-state index contributed by atoms with van der Waals surface area (Å²) in [4.78, 5) is 15.8. The van der Waals surface area contributed by atoms with Gasteiger partial charge in [0.05, 0.1) is 13.2 Å². The lowest BCUT2D eigenvalue weighted by Crippen LogP contribution is -2.40. The van der Waals surface area contributed by atoms with Crippen molar-refractivity contribution in [3.8, 4) is 11.1 Å². The third kappa shape index (κ3) is 4.39. The molecule has 2 aromatic carbocycles. The highest BCUT2D eigenvalue weighted by molar-refractivity contribution is 6.05. The molecule has 1 heterocycles. The number of aromatic nitrogens is 1. The van der Waals surface area contributed by atoms with Crippen molar-refractivity contribution < 1.29 is 13.9 Å². The Morgan fingerprint density at radius 1 is 1.25 bits per heavy atom. The monoisotopic (exact) mass is 384 g/mol. The molecular weight excluding hydrogens is 359 g/mol. The largest absolute Gasteiger partial charge is 0.378 e. The van der Waals surface area contributed by atoms with Crippen LogP contribution in [0.5, 0.6) is 0 Å². The van der Waals surface area contributed by atoms with E-state index in [2.05, 4.69) is 10.3 Å². The van der Waals surface area contributed by atoms with Crippen LogP contribution in [0.15, 0.2) is 42.5 Å². The number of aromatic amines is 1. The minimum atomic E-state index is -0.310. The van der Waals surface area contributed by atoms with Crippen LogP contribution < -0.4 is 16.8 Å². The third-order valence-corrected chi connectivity index (χ3v) is 4.58.